The molecule has 0 spiro atoms. The topological polar surface area (TPSA) is 61.4 Å². The van der Waals surface area contributed by atoms with Gasteiger partial charge in [0.1, 0.15) is 5.56 Å². The number of hydrogen-bond acceptors (Lipinski definition) is 4. The van der Waals surface area contributed by atoms with Crippen molar-refractivity contribution in [1.82, 2.24) is 19.2 Å². The van der Waals surface area contributed by atoms with Gasteiger partial charge in [-0.25, -0.2) is 9.78 Å². The Hall–Kier alpha value is -2.63. The van der Waals surface area contributed by atoms with Gasteiger partial charge in [-0.2, -0.15) is 5.10 Å². The van der Waals surface area contributed by atoms with E-state index in [-0.39, 0.29) is 5.97 Å². The van der Waals surface area contributed by atoms with E-state index in [1.807, 2.05) is 47.6 Å². The number of imidazole rings is 1. The summed E-state index contributed by atoms with van der Waals surface area (Å²) in [6, 6.07) is 1.94. The average molecular weight is 324 g/mol. The molecule has 0 saturated heterocycles. The van der Waals surface area contributed by atoms with Crippen LogP contribution in [0.5, 0.6) is 0 Å². The van der Waals surface area contributed by atoms with Crippen LogP contribution in [0.3, 0.4) is 0 Å². The molecular weight excluding hydrogens is 304 g/mol. The van der Waals surface area contributed by atoms with E-state index in [1.54, 1.807) is 0 Å². The molecule has 4 rings (SSSR count). The minimum absolute atomic E-state index is 0.308. The number of aryl methyl sites for hydroxylation is 1. The molecule has 1 aliphatic carbocycles. The van der Waals surface area contributed by atoms with Gasteiger partial charge in [0.2, 0.25) is 0 Å². The molecule has 0 unspecified atom stereocenters. The summed E-state index contributed by atoms with van der Waals surface area (Å²) in [5, 5.41) is 4.30. The molecule has 3 aromatic heterocycles. The Labute approximate surface area is 140 Å². The van der Waals surface area contributed by atoms with Crippen LogP contribution in [0, 0.1) is 6.92 Å². The van der Waals surface area contributed by atoms with Crippen LogP contribution in [0.25, 0.3) is 5.65 Å². The van der Waals surface area contributed by atoms with E-state index in [2.05, 4.69) is 16.3 Å². The van der Waals surface area contributed by atoms with Gasteiger partial charge in [0.15, 0.2) is 5.65 Å². The zero-order chi connectivity index (χ0) is 16.7. The number of hydrogen-bond donors (Lipinski definition) is 0. The largest absolute Gasteiger partial charge is 0.462 e. The summed E-state index contributed by atoms with van der Waals surface area (Å²) < 4.78 is 9.01. The fourth-order valence-electron chi connectivity index (χ4n) is 2.97. The van der Waals surface area contributed by atoms with Crippen molar-refractivity contribution < 1.29 is 9.53 Å². The molecule has 0 atom stereocenters. The molecule has 1 fully saturated rings. The van der Waals surface area contributed by atoms with E-state index in [9.17, 15) is 4.79 Å². The van der Waals surface area contributed by atoms with Crippen molar-refractivity contribution in [3.05, 3.63) is 53.2 Å². The fraction of sp³-hybridized carbons (Fsp3) is 0.389. The Morgan fingerprint density at radius 3 is 2.83 bits per heavy atom. The highest BCUT2D eigenvalue weighted by Gasteiger charge is 2.26. The number of fused-ring (bicyclic) bond motifs is 1. The molecule has 3 aromatic rings. The van der Waals surface area contributed by atoms with Crippen LogP contribution in [0.15, 0.2) is 30.9 Å². The van der Waals surface area contributed by atoms with Gasteiger partial charge in [-0.1, -0.05) is 0 Å². The molecule has 0 N–H and O–H groups in total. The lowest BCUT2D eigenvalue weighted by Gasteiger charge is -2.06. The van der Waals surface area contributed by atoms with Crippen molar-refractivity contribution in [3.63, 3.8) is 0 Å². The minimum Gasteiger partial charge on any atom is -0.462 e. The third-order valence-electron chi connectivity index (χ3n) is 4.25. The molecule has 24 heavy (non-hydrogen) atoms. The molecule has 124 valence electrons. The third-order valence-corrected chi connectivity index (χ3v) is 4.25. The fourth-order valence-corrected chi connectivity index (χ4v) is 2.97. The van der Waals surface area contributed by atoms with Gasteiger partial charge in [0.05, 0.1) is 25.0 Å². The monoisotopic (exact) mass is 324 g/mol. The molecule has 3 heterocycles. The van der Waals surface area contributed by atoms with E-state index in [0.717, 1.165) is 11.3 Å². The highest BCUT2D eigenvalue weighted by Crippen LogP contribution is 2.40. The van der Waals surface area contributed by atoms with Crippen LogP contribution in [-0.4, -0.2) is 31.7 Å². The second-order valence-corrected chi connectivity index (χ2v) is 6.36. The lowest BCUT2D eigenvalue weighted by atomic mass is 10.1. The first kappa shape index (κ1) is 14.9. The van der Waals surface area contributed by atoms with E-state index in [1.165, 1.54) is 18.4 Å². The Balaban J connectivity index is 1.75. The predicted molar refractivity (Wildman–Crippen MR) is 89.2 cm³/mol. The number of carbonyl (C=O) groups excluding carboxylic acids is 1. The summed E-state index contributed by atoms with van der Waals surface area (Å²) in [6.07, 6.45) is 10.2. The van der Waals surface area contributed by atoms with Gasteiger partial charge in [-0.05, 0) is 49.8 Å². The SMILES string of the molecule is CCOC(=O)c1cc(C2CC2)cn2cc(Cn3cc(C)cn3)nc12. The van der Waals surface area contributed by atoms with Crippen LogP contribution in [0.1, 0.15) is 52.9 Å². The van der Waals surface area contributed by atoms with Gasteiger partial charge >= 0.3 is 5.97 Å². The van der Waals surface area contributed by atoms with Gasteiger partial charge < -0.3 is 9.14 Å². The standard InChI is InChI=1S/C18H20N4O2/c1-3-24-18(23)16-6-14(13-4-5-13)9-21-10-15(20-17(16)21)11-22-8-12(2)7-19-22/h6-10,13H,3-5,11H2,1-2H3. The van der Waals surface area contributed by atoms with E-state index >= 15 is 0 Å². The van der Waals surface area contributed by atoms with Crippen molar-refractivity contribution in [2.45, 2.75) is 39.2 Å². The van der Waals surface area contributed by atoms with Gasteiger partial charge in [0.25, 0.3) is 0 Å². The molecule has 0 bridgehead atoms. The highest BCUT2D eigenvalue weighted by atomic mass is 16.5. The highest BCUT2D eigenvalue weighted by molar-refractivity contribution is 5.96. The number of nitrogens with zero attached hydrogens (tertiary/aromatic N) is 4. The number of rotatable bonds is 5. The maximum atomic E-state index is 12.3. The zero-order valence-electron chi connectivity index (χ0n) is 13.9. The first-order valence-electron chi connectivity index (χ1n) is 8.31. The van der Waals surface area contributed by atoms with Gasteiger partial charge in [-0.15, -0.1) is 0 Å². The summed E-state index contributed by atoms with van der Waals surface area (Å²) in [7, 11) is 0. The Bertz CT molecular complexity index is 905. The average Bonchev–Trinajstić information content (AvgIpc) is 3.21. The van der Waals surface area contributed by atoms with Gasteiger partial charge in [-0.3, -0.25) is 4.68 Å². The summed E-state index contributed by atoms with van der Waals surface area (Å²) in [5.74, 6) is 0.249. The second kappa shape index (κ2) is 5.78. The third kappa shape index (κ3) is 2.79. The van der Waals surface area contributed by atoms with Crippen molar-refractivity contribution in [1.29, 1.82) is 0 Å². The summed E-state index contributed by atoms with van der Waals surface area (Å²) in [4.78, 5) is 17.0. The molecule has 1 saturated carbocycles. The molecule has 0 aliphatic heterocycles. The van der Waals surface area contributed by atoms with Crippen molar-refractivity contribution >= 4 is 11.6 Å². The Kier molecular flexibility index (Phi) is 3.59. The van der Waals surface area contributed by atoms with Crippen LogP contribution in [0.2, 0.25) is 0 Å². The van der Waals surface area contributed by atoms with Crippen LogP contribution in [-0.2, 0) is 11.3 Å². The number of carbonyl (C=O) groups is 1. The second-order valence-electron chi connectivity index (χ2n) is 6.36. The van der Waals surface area contributed by atoms with E-state index < -0.39 is 0 Å². The van der Waals surface area contributed by atoms with E-state index in [0.29, 0.717) is 30.3 Å². The number of pyridine rings is 1. The van der Waals surface area contributed by atoms with Crippen molar-refractivity contribution in [3.8, 4) is 0 Å². The molecule has 0 aromatic carbocycles. The first-order chi connectivity index (χ1) is 11.6. The first-order valence-corrected chi connectivity index (χ1v) is 8.31. The Morgan fingerprint density at radius 1 is 1.33 bits per heavy atom. The van der Waals surface area contributed by atoms with Crippen molar-refractivity contribution in [2.75, 3.05) is 6.61 Å². The molecule has 1 aliphatic rings. The minimum atomic E-state index is -0.308. The quantitative estimate of drug-likeness (QED) is 0.677. The molecular formula is C18H20N4O2. The molecule has 0 amide bonds. The lowest BCUT2D eigenvalue weighted by molar-refractivity contribution is 0.0528. The van der Waals surface area contributed by atoms with E-state index in [4.69, 9.17) is 4.74 Å². The number of aromatic nitrogens is 4. The normalized spacial score (nSPS) is 14.2. The number of ether oxygens (including phenoxy) is 1. The van der Waals surface area contributed by atoms with Crippen LogP contribution >= 0.6 is 0 Å². The predicted octanol–water partition coefficient (Wildman–Crippen LogP) is 2.94. The molecule has 6 nitrogen and oxygen atoms in total. The number of esters is 1. The lowest BCUT2D eigenvalue weighted by Crippen LogP contribution is -2.08. The van der Waals surface area contributed by atoms with Crippen molar-refractivity contribution in [2.24, 2.45) is 0 Å². The summed E-state index contributed by atoms with van der Waals surface area (Å²) in [6.45, 7) is 4.76. The summed E-state index contributed by atoms with van der Waals surface area (Å²) >= 11 is 0. The molecule has 0 radical (unpaired) electrons. The van der Waals surface area contributed by atoms with Gasteiger partial charge in [0, 0.05) is 18.6 Å². The maximum Gasteiger partial charge on any atom is 0.341 e. The maximum absolute atomic E-state index is 12.3. The molecule has 6 heteroatoms. The van der Waals surface area contributed by atoms with Crippen LogP contribution in [0.4, 0.5) is 0 Å². The summed E-state index contributed by atoms with van der Waals surface area (Å²) in [5.41, 5.74) is 4.36. The smallest absolute Gasteiger partial charge is 0.341 e. The zero-order valence-corrected chi connectivity index (χ0v) is 13.9. The Morgan fingerprint density at radius 2 is 2.17 bits per heavy atom. The van der Waals surface area contributed by atoms with Crippen LogP contribution < -0.4 is 0 Å².